The van der Waals surface area contributed by atoms with Gasteiger partial charge in [-0.15, -0.1) is 10.2 Å². The first kappa shape index (κ1) is 19.2. The molecule has 0 unspecified atom stereocenters. The van der Waals surface area contributed by atoms with Crippen molar-refractivity contribution >= 4 is 45.9 Å². The number of nitrogens with zero attached hydrogens (tertiary/aromatic N) is 2. The van der Waals surface area contributed by atoms with Gasteiger partial charge in [-0.3, -0.25) is 10.1 Å². The van der Waals surface area contributed by atoms with Crippen LogP contribution in [0.4, 0.5) is 15.6 Å². The van der Waals surface area contributed by atoms with Gasteiger partial charge >= 0.3 is 6.03 Å². The number of carbonyl (C=O) groups excluding carboxylic acids is 2. The summed E-state index contributed by atoms with van der Waals surface area (Å²) in [7, 11) is 0. The van der Waals surface area contributed by atoms with Gasteiger partial charge in [0.1, 0.15) is 0 Å². The fourth-order valence-electron chi connectivity index (χ4n) is 1.88. The van der Waals surface area contributed by atoms with E-state index in [9.17, 15) is 9.59 Å². The predicted molar refractivity (Wildman–Crippen MR) is 102 cm³/mol. The van der Waals surface area contributed by atoms with E-state index >= 15 is 0 Å². The van der Waals surface area contributed by atoms with Gasteiger partial charge in [0.15, 0.2) is 4.34 Å². The van der Waals surface area contributed by atoms with E-state index in [2.05, 4.69) is 45.2 Å². The first-order chi connectivity index (χ1) is 12.0. The Bertz CT molecular complexity index is 718. The summed E-state index contributed by atoms with van der Waals surface area (Å²) in [4.78, 5) is 23.3. The van der Waals surface area contributed by atoms with Gasteiger partial charge < -0.3 is 10.6 Å². The van der Waals surface area contributed by atoms with Gasteiger partial charge in [-0.05, 0) is 38.0 Å². The number of imide groups is 1. The van der Waals surface area contributed by atoms with Gasteiger partial charge in [-0.25, -0.2) is 4.79 Å². The molecule has 0 spiro atoms. The van der Waals surface area contributed by atoms with E-state index in [1.807, 2.05) is 12.1 Å². The van der Waals surface area contributed by atoms with Crippen molar-refractivity contribution in [2.75, 3.05) is 11.9 Å². The minimum atomic E-state index is -0.491. The molecule has 2 rings (SSSR count). The number of rotatable bonds is 7. The van der Waals surface area contributed by atoms with Crippen LogP contribution in [-0.4, -0.2) is 33.9 Å². The minimum Gasteiger partial charge on any atom is -0.338 e. The number of nitrogens with one attached hydrogen (secondary N) is 3. The van der Waals surface area contributed by atoms with Crippen LogP contribution in [0.5, 0.6) is 0 Å². The van der Waals surface area contributed by atoms with Gasteiger partial charge in [-0.1, -0.05) is 42.2 Å². The van der Waals surface area contributed by atoms with Crippen LogP contribution in [0.2, 0.25) is 0 Å². The molecule has 1 atom stereocenters. The standard InChI is InChI=1S/C16H21N5O2S2/c1-4-11-6-8-12(9-7-11)18-15-20-21-16(25-15)24-10(3)13(22)19-14(23)17-5-2/h6-10H,4-5H2,1-3H3,(H,18,20)(H2,17,19,22,23)/t10-/m0/s1. The van der Waals surface area contributed by atoms with Crippen molar-refractivity contribution in [3.05, 3.63) is 29.8 Å². The first-order valence-electron chi connectivity index (χ1n) is 7.96. The number of urea groups is 1. The average Bonchev–Trinajstić information content (AvgIpc) is 3.02. The Hall–Kier alpha value is -2.13. The Morgan fingerprint density at radius 2 is 1.92 bits per heavy atom. The lowest BCUT2D eigenvalue weighted by atomic mass is 10.1. The van der Waals surface area contributed by atoms with Crippen molar-refractivity contribution in [3.63, 3.8) is 0 Å². The van der Waals surface area contributed by atoms with Gasteiger partial charge in [0.2, 0.25) is 11.0 Å². The summed E-state index contributed by atoms with van der Waals surface area (Å²) in [6.07, 6.45) is 0.996. The number of aromatic nitrogens is 2. The smallest absolute Gasteiger partial charge is 0.321 e. The quantitative estimate of drug-likeness (QED) is 0.640. The number of thioether (sulfide) groups is 1. The zero-order valence-electron chi connectivity index (χ0n) is 14.3. The molecule has 2 aromatic rings. The average molecular weight is 380 g/mol. The Labute approximate surface area is 155 Å². The Morgan fingerprint density at radius 3 is 2.56 bits per heavy atom. The molecule has 0 bridgehead atoms. The molecule has 0 fully saturated rings. The summed E-state index contributed by atoms with van der Waals surface area (Å²) in [5, 5.41) is 16.4. The molecule has 25 heavy (non-hydrogen) atoms. The maximum absolute atomic E-state index is 11.9. The molecule has 7 nitrogen and oxygen atoms in total. The third kappa shape index (κ3) is 6.02. The topological polar surface area (TPSA) is 96.0 Å². The molecule has 0 aliphatic heterocycles. The minimum absolute atomic E-state index is 0.365. The number of benzene rings is 1. The molecule has 1 aromatic carbocycles. The number of aryl methyl sites for hydroxylation is 1. The van der Waals surface area contributed by atoms with E-state index in [0.717, 1.165) is 12.1 Å². The van der Waals surface area contributed by atoms with Crippen LogP contribution >= 0.6 is 23.1 Å². The maximum Gasteiger partial charge on any atom is 0.321 e. The van der Waals surface area contributed by atoms with Gasteiger partial charge in [0.05, 0.1) is 5.25 Å². The molecule has 9 heteroatoms. The second-order valence-corrected chi connectivity index (χ2v) is 7.72. The lowest BCUT2D eigenvalue weighted by Gasteiger charge is -2.09. The first-order valence-corrected chi connectivity index (χ1v) is 9.66. The van der Waals surface area contributed by atoms with E-state index in [-0.39, 0.29) is 5.91 Å². The Morgan fingerprint density at radius 1 is 1.20 bits per heavy atom. The Kier molecular flexibility index (Phi) is 7.20. The summed E-state index contributed by atoms with van der Waals surface area (Å²) in [5.74, 6) is -0.365. The molecule has 0 radical (unpaired) electrons. The summed E-state index contributed by atoms with van der Waals surface area (Å²) < 4.78 is 0.659. The van der Waals surface area contributed by atoms with Crippen molar-refractivity contribution in [1.29, 1.82) is 0 Å². The number of carbonyl (C=O) groups is 2. The van der Waals surface area contributed by atoms with Crippen LogP contribution in [0.1, 0.15) is 26.3 Å². The van der Waals surface area contributed by atoms with Crippen LogP contribution in [0.3, 0.4) is 0 Å². The molecule has 3 amide bonds. The van der Waals surface area contributed by atoms with Gasteiger partial charge in [0.25, 0.3) is 0 Å². The Balaban J connectivity index is 1.89. The molecule has 3 N–H and O–H groups in total. The molecule has 1 aromatic heterocycles. The summed E-state index contributed by atoms with van der Waals surface area (Å²) in [5.41, 5.74) is 2.21. The third-order valence-electron chi connectivity index (χ3n) is 3.24. The molecule has 0 saturated heterocycles. The number of hydrogen-bond donors (Lipinski definition) is 3. The van der Waals surface area contributed by atoms with Crippen molar-refractivity contribution in [1.82, 2.24) is 20.8 Å². The van der Waals surface area contributed by atoms with Gasteiger partial charge in [0, 0.05) is 12.2 Å². The predicted octanol–water partition coefficient (Wildman–Crippen LogP) is 3.17. The molecule has 0 saturated carbocycles. The molecular formula is C16H21N5O2S2. The second kappa shape index (κ2) is 9.38. The van der Waals surface area contributed by atoms with Crippen molar-refractivity contribution in [2.45, 2.75) is 36.8 Å². The number of hydrogen-bond acceptors (Lipinski definition) is 7. The fourth-order valence-corrected chi connectivity index (χ4v) is 3.79. The normalized spacial score (nSPS) is 11.6. The highest BCUT2D eigenvalue weighted by Crippen LogP contribution is 2.30. The van der Waals surface area contributed by atoms with Gasteiger partial charge in [-0.2, -0.15) is 0 Å². The largest absolute Gasteiger partial charge is 0.338 e. The van der Waals surface area contributed by atoms with E-state index in [1.54, 1.807) is 13.8 Å². The molecular weight excluding hydrogens is 358 g/mol. The van der Waals surface area contributed by atoms with E-state index in [4.69, 9.17) is 0 Å². The zero-order chi connectivity index (χ0) is 18.2. The fraction of sp³-hybridized carbons (Fsp3) is 0.375. The van der Waals surface area contributed by atoms with Crippen LogP contribution in [0.25, 0.3) is 0 Å². The van der Waals surface area contributed by atoms with E-state index in [0.29, 0.717) is 16.0 Å². The molecule has 0 aliphatic rings. The summed E-state index contributed by atoms with van der Waals surface area (Å²) in [6, 6.07) is 7.62. The van der Waals surface area contributed by atoms with Crippen molar-refractivity contribution in [3.8, 4) is 0 Å². The van der Waals surface area contributed by atoms with Crippen LogP contribution in [0, 0.1) is 0 Å². The van der Waals surface area contributed by atoms with Crippen LogP contribution in [-0.2, 0) is 11.2 Å². The lowest BCUT2D eigenvalue weighted by molar-refractivity contribution is -0.119. The van der Waals surface area contributed by atoms with Crippen molar-refractivity contribution < 1.29 is 9.59 Å². The summed E-state index contributed by atoms with van der Waals surface area (Å²) >= 11 is 2.62. The highest BCUT2D eigenvalue weighted by molar-refractivity contribution is 8.02. The van der Waals surface area contributed by atoms with Crippen LogP contribution in [0.15, 0.2) is 28.6 Å². The van der Waals surface area contributed by atoms with E-state index in [1.165, 1.54) is 28.7 Å². The number of anilines is 2. The molecule has 0 aliphatic carbocycles. The van der Waals surface area contributed by atoms with Crippen molar-refractivity contribution in [2.24, 2.45) is 0 Å². The molecule has 134 valence electrons. The second-order valence-electron chi connectivity index (χ2n) is 5.16. The molecule has 1 heterocycles. The maximum atomic E-state index is 11.9. The number of amides is 3. The highest BCUT2D eigenvalue weighted by atomic mass is 32.2. The monoisotopic (exact) mass is 379 g/mol. The zero-order valence-corrected chi connectivity index (χ0v) is 16.0. The highest BCUT2D eigenvalue weighted by Gasteiger charge is 2.19. The van der Waals surface area contributed by atoms with E-state index < -0.39 is 11.3 Å². The lowest BCUT2D eigenvalue weighted by Crippen LogP contribution is -2.42. The third-order valence-corrected chi connectivity index (χ3v) is 5.26. The van der Waals surface area contributed by atoms with Crippen LogP contribution < -0.4 is 16.0 Å². The summed E-state index contributed by atoms with van der Waals surface area (Å²) in [6.45, 7) is 6.08. The SMILES string of the molecule is CCNC(=O)NC(=O)[C@H](C)Sc1nnc(Nc2ccc(CC)cc2)s1.